The topological polar surface area (TPSA) is 64.2 Å². The zero-order valence-electron chi connectivity index (χ0n) is 18.1. The Bertz CT molecular complexity index is 1170. The van der Waals surface area contributed by atoms with E-state index >= 15 is 0 Å². The summed E-state index contributed by atoms with van der Waals surface area (Å²) < 4.78 is 7.25. The molecule has 2 aromatic heterocycles. The average molecular weight is 427 g/mol. The van der Waals surface area contributed by atoms with Crippen molar-refractivity contribution in [3.8, 4) is 17.3 Å². The minimum Gasteiger partial charge on any atom is -0.461 e. The molecule has 162 valence electrons. The van der Waals surface area contributed by atoms with Gasteiger partial charge in [-0.25, -0.2) is 4.68 Å². The van der Waals surface area contributed by atoms with Gasteiger partial charge in [-0.15, -0.1) is 5.10 Å². The van der Waals surface area contributed by atoms with E-state index in [0.717, 1.165) is 43.6 Å². The standard InChI is InChI=1S/C26H26N4O2/c1-19-9-11-22(12-10-19)30-25(23-8-5-17-32-23)27-24(28-30)26(31)29-15-13-21(14-16-29)18-20-6-3-2-4-7-20/h2-12,17,21H,13-16,18H2,1H3. The number of carbonyl (C=O) groups is 1. The van der Waals surface area contributed by atoms with Gasteiger partial charge in [-0.1, -0.05) is 48.0 Å². The van der Waals surface area contributed by atoms with Crippen molar-refractivity contribution in [3.63, 3.8) is 0 Å². The molecular weight excluding hydrogens is 400 g/mol. The summed E-state index contributed by atoms with van der Waals surface area (Å²) in [4.78, 5) is 19.7. The van der Waals surface area contributed by atoms with Crippen LogP contribution >= 0.6 is 0 Å². The van der Waals surface area contributed by atoms with E-state index in [4.69, 9.17) is 4.42 Å². The number of hydrogen-bond acceptors (Lipinski definition) is 4. The quantitative estimate of drug-likeness (QED) is 0.454. The van der Waals surface area contributed by atoms with Crippen LogP contribution < -0.4 is 0 Å². The van der Waals surface area contributed by atoms with Crippen molar-refractivity contribution in [3.05, 3.63) is 89.9 Å². The Morgan fingerprint density at radius 3 is 2.44 bits per heavy atom. The Balaban J connectivity index is 1.34. The molecule has 1 saturated heterocycles. The van der Waals surface area contributed by atoms with Gasteiger partial charge in [0.2, 0.25) is 5.82 Å². The fourth-order valence-electron chi connectivity index (χ4n) is 4.26. The highest BCUT2D eigenvalue weighted by atomic mass is 16.3. The predicted octanol–water partition coefficient (Wildman–Crippen LogP) is 4.93. The molecule has 6 nitrogen and oxygen atoms in total. The normalized spacial score (nSPS) is 14.6. The number of aryl methyl sites for hydroxylation is 1. The number of hydrogen-bond donors (Lipinski definition) is 0. The number of carbonyl (C=O) groups excluding carboxylic acids is 1. The first-order valence-electron chi connectivity index (χ1n) is 11.1. The minimum atomic E-state index is -0.123. The van der Waals surface area contributed by atoms with Gasteiger partial charge in [-0.05, 0) is 61.9 Å². The molecule has 0 saturated carbocycles. The molecule has 0 spiro atoms. The van der Waals surface area contributed by atoms with Crippen molar-refractivity contribution in [1.82, 2.24) is 19.7 Å². The first-order chi connectivity index (χ1) is 15.7. The van der Waals surface area contributed by atoms with Crippen molar-refractivity contribution in [2.24, 2.45) is 5.92 Å². The average Bonchev–Trinajstić information content (AvgIpc) is 3.51. The zero-order chi connectivity index (χ0) is 21.9. The van der Waals surface area contributed by atoms with Gasteiger partial charge in [0.1, 0.15) is 0 Å². The summed E-state index contributed by atoms with van der Waals surface area (Å²) in [6, 6.07) is 22.2. The van der Waals surface area contributed by atoms with Crippen LogP contribution in [0.3, 0.4) is 0 Å². The first kappa shape index (κ1) is 20.2. The number of amides is 1. The largest absolute Gasteiger partial charge is 0.461 e. The van der Waals surface area contributed by atoms with Crippen molar-refractivity contribution in [1.29, 1.82) is 0 Å². The Morgan fingerprint density at radius 2 is 1.75 bits per heavy atom. The highest BCUT2D eigenvalue weighted by Crippen LogP contribution is 2.25. The molecule has 6 heteroatoms. The van der Waals surface area contributed by atoms with E-state index in [2.05, 4.69) is 34.3 Å². The number of benzene rings is 2. The molecule has 1 aliphatic rings. The van der Waals surface area contributed by atoms with E-state index < -0.39 is 0 Å². The minimum absolute atomic E-state index is 0.123. The van der Waals surface area contributed by atoms with Gasteiger partial charge in [0.05, 0.1) is 12.0 Å². The van der Waals surface area contributed by atoms with Crippen LogP contribution in [0.25, 0.3) is 17.3 Å². The number of piperidine rings is 1. The van der Waals surface area contributed by atoms with E-state index in [0.29, 0.717) is 17.5 Å². The smallest absolute Gasteiger partial charge is 0.293 e. The SMILES string of the molecule is Cc1ccc(-n2nc(C(=O)N3CCC(Cc4ccccc4)CC3)nc2-c2ccco2)cc1. The second kappa shape index (κ2) is 8.83. The summed E-state index contributed by atoms with van der Waals surface area (Å²) >= 11 is 0. The number of likely N-dealkylation sites (tertiary alicyclic amines) is 1. The van der Waals surface area contributed by atoms with E-state index in [-0.39, 0.29) is 11.7 Å². The van der Waals surface area contributed by atoms with Crippen LogP contribution in [0.5, 0.6) is 0 Å². The summed E-state index contributed by atoms with van der Waals surface area (Å²) in [5, 5.41) is 4.58. The summed E-state index contributed by atoms with van der Waals surface area (Å²) in [6.45, 7) is 3.49. The van der Waals surface area contributed by atoms with Crippen LogP contribution in [-0.4, -0.2) is 38.7 Å². The van der Waals surface area contributed by atoms with Crippen molar-refractivity contribution in [2.75, 3.05) is 13.1 Å². The fraction of sp³-hybridized carbons (Fsp3) is 0.269. The lowest BCUT2D eigenvalue weighted by Crippen LogP contribution is -2.39. The van der Waals surface area contributed by atoms with Crippen LogP contribution in [0.1, 0.15) is 34.6 Å². The first-order valence-corrected chi connectivity index (χ1v) is 11.1. The third-order valence-corrected chi connectivity index (χ3v) is 6.09. The summed E-state index contributed by atoms with van der Waals surface area (Å²) in [7, 11) is 0. The summed E-state index contributed by atoms with van der Waals surface area (Å²) in [5.74, 6) is 1.79. The fourth-order valence-corrected chi connectivity index (χ4v) is 4.26. The number of rotatable bonds is 5. The molecule has 5 rings (SSSR count). The Morgan fingerprint density at radius 1 is 1.00 bits per heavy atom. The number of furan rings is 1. The third-order valence-electron chi connectivity index (χ3n) is 6.09. The molecule has 1 aliphatic heterocycles. The lowest BCUT2D eigenvalue weighted by atomic mass is 9.90. The molecule has 0 bridgehead atoms. The maximum absolute atomic E-state index is 13.2. The van der Waals surface area contributed by atoms with Crippen LogP contribution in [-0.2, 0) is 6.42 Å². The van der Waals surface area contributed by atoms with Crippen molar-refractivity contribution in [2.45, 2.75) is 26.2 Å². The van der Waals surface area contributed by atoms with Crippen LogP contribution in [0, 0.1) is 12.8 Å². The van der Waals surface area contributed by atoms with Gasteiger partial charge in [-0.2, -0.15) is 4.98 Å². The highest BCUT2D eigenvalue weighted by molar-refractivity contribution is 5.91. The molecule has 2 aromatic carbocycles. The molecule has 0 radical (unpaired) electrons. The van der Waals surface area contributed by atoms with Gasteiger partial charge in [-0.3, -0.25) is 4.79 Å². The Hall–Kier alpha value is -3.67. The van der Waals surface area contributed by atoms with Crippen molar-refractivity contribution >= 4 is 5.91 Å². The van der Waals surface area contributed by atoms with Gasteiger partial charge < -0.3 is 9.32 Å². The molecule has 0 unspecified atom stereocenters. The lowest BCUT2D eigenvalue weighted by Gasteiger charge is -2.31. The van der Waals surface area contributed by atoms with Gasteiger partial charge >= 0.3 is 0 Å². The van der Waals surface area contributed by atoms with E-state index in [9.17, 15) is 4.79 Å². The molecule has 0 aliphatic carbocycles. The molecule has 0 N–H and O–H groups in total. The Labute approximate surface area is 187 Å². The molecule has 0 atom stereocenters. The summed E-state index contributed by atoms with van der Waals surface area (Å²) in [6.07, 6.45) is 4.64. The second-order valence-corrected chi connectivity index (χ2v) is 8.41. The lowest BCUT2D eigenvalue weighted by molar-refractivity contribution is 0.0678. The van der Waals surface area contributed by atoms with Crippen LogP contribution in [0.2, 0.25) is 0 Å². The second-order valence-electron chi connectivity index (χ2n) is 8.41. The predicted molar refractivity (Wildman–Crippen MR) is 123 cm³/mol. The van der Waals surface area contributed by atoms with Gasteiger partial charge in [0.25, 0.3) is 5.91 Å². The third kappa shape index (κ3) is 4.21. The molecule has 32 heavy (non-hydrogen) atoms. The van der Waals surface area contributed by atoms with Crippen molar-refractivity contribution < 1.29 is 9.21 Å². The molecule has 1 amide bonds. The zero-order valence-corrected chi connectivity index (χ0v) is 18.1. The molecule has 4 aromatic rings. The molecule has 1 fully saturated rings. The van der Waals surface area contributed by atoms with Gasteiger partial charge in [0.15, 0.2) is 11.6 Å². The van der Waals surface area contributed by atoms with E-state index in [1.165, 1.54) is 5.56 Å². The monoisotopic (exact) mass is 426 g/mol. The summed E-state index contributed by atoms with van der Waals surface area (Å²) in [5.41, 5.74) is 3.36. The molecule has 3 heterocycles. The van der Waals surface area contributed by atoms with Crippen LogP contribution in [0.15, 0.2) is 77.4 Å². The van der Waals surface area contributed by atoms with E-state index in [1.807, 2.05) is 54.3 Å². The van der Waals surface area contributed by atoms with E-state index in [1.54, 1.807) is 10.9 Å². The maximum Gasteiger partial charge on any atom is 0.293 e. The highest BCUT2D eigenvalue weighted by Gasteiger charge is 2.28. The number of aromatic nitrogens is 3. The Kier molecular flexibility index (Phi) is 5.58. The maximum atomic E-state index is 13.2. The molecular formula is C26H26N4O2. The number of nitrogens with zero attached hydrogens (tertiary/aromatic N) is 4. The van der Waals surface area contributed by atoms with Gasteiger partial charge in [0, 0.05) is 13.1 Å². The van der Waals surface area contributed by atoms with Crippen LogP contribution in [0.4, 0.5) is 0 Å².